The molecule has 0 aliphatic heterocycles. The molecule has 0 heterocycles. The summed E-state index contributed by atoms with van der Waals surface area (Å²) < 4.78 is 0. The lowest BCUT2D eigenvalue weighted by Crippen LogP contribution is -2.29. The predicted molar refractivity (Wildman–Crippen MR) is 87.9 cm³/mol. The lowest BCUT2D eigenvalue weighted by atomic mass is 10.2. The van der Waals surface area contributed by atoms with Gasteiger partial charge in [-0.1, -0.05) is 53.5 Å². The van der Waals surface area contributed by atoms with E-state index in [9.17, 15) is 4.79 Å². The monoisotopic (exact) mass is 322 g/mol. The van der Waals surface area contributed by atoms with Crippen LogP contribution in [0.1, 0.15) is 5.56 Å². The molecule has 0 aromatic heterocycles. The van der Waals surface area contributed by atoms with E-state index in [-0.39, 0.29) is 12.5 Å². The molecule has 1 amide bonds. The van der Waals surface area contributed by atoms with Crippen LogP contribution in [-0.2, 0) is 11.3 Å². The minimum atomic E-state index is -0.0677. The first-order valence-electron chi connectivity index (χ1n) is 6.52. The molecule has 1 N–H and O–H groups in total. The molecule has 0 unspecified atom stereocenters. The fourth-order valence-corrected chi connectivity index (χ4v) is 2.36. The number of halogens is 2. The number of carbonyl (C=O) groups is 1. The van der Waals surface area contributed by atoms with Crippen LogP contribution in [-0.4, -0.2) is 24.4 Å². The summed E-state index contributed by atoms with van der Waals surface area (Å²) in [4.78, 5) is 13.8. The fraction of sp³-hybridized carbons (Fsp3) is 0.188. The van der Waals surface area contributed by atoms with Gasteiger partial charge in [-0.15, -0.1) is 0 Å². The Hall–Kier alpha value is -1.55. The van der Waals surface area contributed by atoms with E-state index in [2.05, 4.69) is 5.32 Å². The minimum Gasteiger partial charge on any atom is -0.325 e. The Balaban J connectivity index is 1.91. The highest BCUT2D eigenvalue weighted by Gasteiger charge is 2.10. The van der Waals surface area contributed by atoms with E-state index in [4.69, 9.17) is 23.2 Å². The number of hydrogen-bond donors (Lipinski definition) is 1. The zero-order valence-corrected chi connectivity index (χ0v) is 13.2. The van der Waals surface area contributed by atoms with Gasteiger partial charge < -0.3 is 5.32 Å². The highest BCUT2D eigenvalue weighted by Crippen LogP contribution is 2.26. The molecule has 0 aliphatic carbocycles. The average Bonchev–Trinajstić information content (AvgIpc) is 2.44. The molecule has 0 aliphatic rings. The maximum Gasteiger partial charge on any atom is 0.238 e. The summed E-state index contributed by atoms with van der Waals surface area (Å²) in [5.74, 6) is -0.0677. The maximum atomic E-state index is 12.0. The second kappa shape index (κ2) is 7.46. The van der Waals surface area contributed by atoms with Gasteiger partial charge in [0.25, 0.3) is 0 Å². The summed E-state index contributed by atoms with van der Waals surface area (Å²) in [6.07, 6.45) is 0. The van der Waals surface area contributed by atoms with E-state index in [1.807, 2.05) is 54.4 Å². The number of likely N-dealkylation sites (N-methyl/N-ethyl adjacent to an activating group) is 1. The Morgan fingerprint density at radius 3 is 2.52 bits per heavy atom. The zero-order chi connectivity index (χ0) is 15.2. The molecule has 2 rings (SSSR count). The summed E-state index contributed by atoms with van der Waals surface area (Å²) in [7, 11) is 1.86. The number of para-hydroxylation sites is 1. The number of benzene rings is 2. The molecule has 0 saturated heterocycles. The normalized spacial score (nSPS) is 10.7. The minimum absolute atomic E-state index is 0.0677. The summed E-state index contributed by atoms with van der Waals surface area (Å²) in [5.41, 5.74) is 1.69. The van der Waals surface area contributed by atoms with Gasteiger partial charge in [0.1, 0.15) is 0 Å². The van der Waals surface area contributed by atoms with Crippen LogP contribution in [0, 0.1) is 0 Å². The van der Waals surface area contributed by atoms with Gasteiger partial charge in [-0.2, -0.15) is 0 Å². The van der Waals surface area contributed by atoms with Crippen molar-refractivity contribution in [1.82, 2.24) is 4.90 Å². The van der Waals surface area contributed by atoms with E-state index in [1.165, 1.54) is 0 Å². The van der Waals surface area contributed by atoms with Crippen molar-refractivity contribution in [3.63, 3.8) is 0 Å². The SMILES string of the molecule is CN(CC(=O)Nc1ccccc1)Cc1cccc(Cl)c1Cl. The third-order valence-electron chi connectivity index (χ3n) is 2.94. The Kier molecular flexibility index (Phi) is 5.62. The van der Waals surface area contributed by atoms with Gasteiger partial charge in [0.2, 0.25) is 5.91 Å². The molecule has 0 fully saturated rings. The van der Waals surface area contributed by atoms with E-state index >= 15 is 0 Å². The van der Waals surface area contributed by atoms with E-state index < -0.39 is 0 Å². The molecule has 0 spiro atoms. The van der Waals surface area contributed by atoms with Gasteiger partial charge in [0.05, 0.1) is 16.6 Å². The van der Waals surface area contributed by atoms with Crippen molar-refractivity contribution in [3.05, 3.63) is 64.1 Å². The zero-order valence-electron chi connectivity index (χ0n) is 11.6. The molecule has 0 radical (unpaired) electrons. The predicted octanol–water partition coefficient (Wildman–Crippen LogP) is 4.06. The molecule has 0 saturated carbocycles. The van der Waals surface area contributed by atoms with Gasteiger partial charge in [0.15, 0.2) is 0 Å². The van der Waals surface area contributed by atoms with Gasteiger partial charge in [-0.25, -0.2) is 0 Å². The van der Waals surface area contributed by atoms with Gasteiger partial charge >= 0.3 is 0 Å². The average molecular weight is 323 g/mol. The van der Waals surface area contributed by atoms with Gasteiger partial charge in [-0.3, -0.25) is 9.69 Å². The largest absolute Gasteiger partial charge is 0.325 e. The van der Waals surface area contributed by atoms with Crippen molar-refractivity contribution in [2.45, 2.75) is 6.54 Å². The van der Waals surface area contributed by atoms with Crippen LogP contribution in [0.25, 0.3) is 0 Å². The Morgan fingerprint density at radius 1 is 1.10 bits per heavy atom. The fourth-order valence-electron chi connectivity index (χ4n) is 1.98. The molecular weight excluding hydrogens is 307 g/mol. The van der Waals surface area contributed by atoms with Crippen molar-refractivity contribution < 1.29 is 4.79 Å². The van der Waals surface area contributed by atoms with E-state index in [1.54, 1.807) is 6.07 Å². The van der Waals surface area contributed by atoms with E-state index in [0.29, 0.717) is 16.6 Å². The molecule has 21 heavy (non-hydrogen) atoms. The second-order valence-electron chi connectivity index (χ2n) is 4.80. The Bertz CT molecular complexity index is 617. The molecule has 110 valence electrons. The second-order valence-corrected chi connectivity index (χ2v) is 5.58. The van der Waals surface area contributed by atoms with Crippen molar-refractivity contribution in [3.8, 4) is 0 Å². The van der Waals surface area contributed by atoms with Gasteiger partial charge in [0, 0.05) is 12.2 Å². The maximum absolute atomic E-state index is 12.0. The number of nitrogens with zero attached hydrogens (tertiary/aromatic N) is 1. The number of rotatable bonds is 5. The molecule has 3 nitrogen and oxygen atoms in total. The molecule has 0 atom stereocenters. The lowest BCUT2D eigenvalue weighted by molar-refractivity contribution is -0.117. The van der Waals surface area contributed by atoms with Crippen molar-refractivity contribution in [1.29, 1.82) is 0 Å². The smallest absolute Gasteiger partial charge is 0.238 e. The molecular formula is C16H16Cl2N2O. The van der Waals surface area contributed by atoms with Crippen LogP contribution >= 0.6 is 23.2 Å². The first kappa shape index (κ1) is 15.8. The van der Waals surface area contributed by atoms with Crippen LogP contribution < -0.4 is 5.32 Å². The topological polar surface area (TPSA) is 32.3 Å². The van der Waals surface area contributed by atoms with Crippen molar-refractivity contribution >= 4 is 34.8 Å². The molecule has 2 aromatic carbocycles. The van der Waals surface area contributed by atoms with Crippen LogP contribution in [0.5, 0.6) is 0 Å². The number of anilines is 1. The third-order valence-corrected chi connectivity index (χ3v) is 3.80. The molecule has 2 aromatic rings. The highest BCUT2D eigenvalue weighted by atomic mass is 35.5. The number of carbonyl (C=O) groups excluding carboxylic acids is 1. The summed E-state index contributed by atoms with van der Waals surface area (Å²) >= 11 is 12.1. The Labute approximate surface area is 134 Å². The number of nitrogens with one attached hydrogen (secondary N) is 1. The quantitative estimate of drug-likeness (QED) is 0.900. The van der Waals surface area contributed by atoms with E-state index in [0.717, 1.165) is 11.3 Å². The highest BCUT2D eigenvalue weighted by molar-refractivity contribution is 6.42. The van der Waals surface area contributed by atoms with Crippen molar-refractivity contribution in [2.24, 2.45) is 0 Å². The summed E-state index contributed by atoms with van der Waals surface area (Å²) in [6.45, 7) is 0.833. The van der Waals surface area contributed by atoms with Gasteiger partial charge in [-0.05, 0) is 30.8 Å². The van der Waals surface area contributed by atoms with Crippen LogP contribution in [0.15, 0.2) is 48.5 Å². The number of hydrogen-bond acceptors (Lipinski definition) is 2. The van der Waals surface area contributed by atoms with Crippen LogP contribution in [0.4, 0.5) is 5.69 Å². The standard InChI is InChI=1S/C16H16Cl2N2O/c1-20(10-12-6-5-9-14(17)16(12)18)11-15(21)19-13-7-3-2-4-8-13/h2-9H,10-11H2,1H3,(H,19,21). The molecule has 5 heteroatoms. The third kappa shape index (κ3) is 4.74. The van der Waals surface area contributed by atoms with Crippen LogP contribution in [0.2, 0.25) is 10.0 Å². The lowest BCUT2D eigenvalue weighted by Gasteiger charge is -2.17. The first-order valence-corrected chi connectivity index (χ1v) is 7.28. The summed E-state index contributed by atoms with van der Waals surface area (Å²) in [6, 6.07) is 14.9. The summed E-state index contributed by atoms with van der Waals surface area (Å²) in [5, 5.41) is 3.91. The number of amides is 1. The molecule has 0 bridgehead atoms. The van der Waals surface area contributed by atoms with Crippen LogP contribution in [0.3, 0.4) is 0 Å². The van der Waals surface area contributed by atoms with Crippen molar-refractivity contribution in [2.75, 3.05) is 18.9 Å². The Morgan fingerprint density at radius 2 is 1.81 bits per heavy atom. The first-order chi connectivity index (χ1) is 10.1.